The third-order valence-corrected chi connectivity index (χ3v) is 598. The molecular formula is C69H75I11N7O15-. The standard InChI is InChI=1S/C46H54N4O11.C23H21N3O4.I11/c1-5-46(59)33-21-30-31(43(56)32(33)22-61-45(46)58)20-29-27-8-6-7-26-25(9-11-34(40(26)27)49-42(29)30)19-37(53)24(4)48-44(57)41(23(2)3)50-39(55)15-17-60-18-16-47-38(54)14-10-28-35(51)12-13-36(28)52;1-2-23(29)15-8-18-20-13(9-26(18)21(27)14(15)10-30-22(23)28)11-4-3-5-12-16(24)6-7-17(25-20)19(11)12;1-7-9(4)11(6)10(5)8(2)3/h9,11,21,23-24,28,31,41,59H,5-8,10,12-20,22H2,1-4H3,(H,47,54)(H,48,57)(H,50,55);6-8,29H,2-5,9-10,24H2,1H3;/q;;-1/t24-,31?,41-,46-;23-;/m00./s1. The first-order valence-corrected chi connectivity index (χ1v) is 96.1. The van der Waals surface area contributed by atoms with Crippen LogP contribution in [-0.2, 0) is 115 Å². The van der Waals surface area contributed by atoms with E-state index in [0.717, 1.165) is 105 Å². The first-order chi connectivity index (χ1) is 48.6. The number of aromatic nitrogens is 3. The molecule has 3 amide bonds. The van der Waals surface area contributed by atoms with E-state index in [1.807, 2.05) is 24.3 Å². The molecule has 5 atom stereocenters. The van der Waals surface area contributed by atoms with Gasteiger partial charge < -0.3 is 50.7 Å². The van der Waals surface area contributed by atoms with E-state index in [9.17, 15) is 58.2 Å². The Labute approximate surface area is 671 Å². The molecule has 33 heteroatoms. The van der Waals surface area contributed by atoms with Gasteiger partial charge in [-0.25, -0.2) is 19.6 Å². The van der Waals surface area contributed by atoms with Crippen LogP contribution in [0.1, 0.15) is 148 Å². The van der Waals surface area contributed by atoms with Crippen LogP contribution >= 0.6 is 143 Å². The molecule has 1 fully saturated rings. The van der Waals surface area contributed by atoms with E-state index in [2.05, 4.69) is 128 Å². The summed E-state index contributed by atoms with van der Waals surface area (Å²) in [5, 5.41) is 32.6. The molecule has 3 aliphatic heterocycles. The molecular weight excluding hydrogens is 2560 g/mol. The van der Waals surface area contributed by atoms with Gasteiger partial charge in [-0.1, -0.05) is 33.8 Å². The van der Waals surface area contributed by atoms with Crippen molar-refractivity contribution in [1.82, 2.24) is 30.5 Å². The summed E-state index contributed by atoms with van der Waals surface area (Å²) < 4.78 is 17.6. The number of Topliss-reactive ketones (excluding diaryl/α,β-unsaturated/α-hetero) is 4. The molecule has 1 saturated carbocycles. The van der Waals surface area contributed by atoms with Gasteiger partial charge >= 0.3 is 168 Å². The molecule has 2 aromatic carbocycles. The molecule has 0 radical (unpaired) electrons. The van der Waals surface area contributed by atoms with Crippen LogP contribution in [0.3, 0.4) is 0 Å². The number of halogens is 11. The number of benzene rings is 2. The van der Waals surface area contributed by atoms with Crippen LogP contribution < -0.4 is 40.5 Å². The molecule has 0 spiro atoms. The number of cyclic esters (lactones) is 2. The number of nitrogens with two attached hydrogens (primary N) is 1. The van der Waals surface area contributed by atoms with E-state index in [1.54, 1.807) is 51.3 Å². The van der Waals surface area contributed by atoms with Crippen LogP contribution in [0.25, 0.3) is 38.8 Å². The summed E-state index contributed by atoms with van der Waals surface area (Å²) in [6.07, 6.45) is 8.47. The van der Waals surface area contributed by atoms with Crippen LogP contribution in [-0.4, -0.2) is 122 Å². The predicted octanol–water partition coefficient (Wildman–Crippen LogP) is 10.5. The molecule has 5 aromatic rings. The molecule has 22 nitrogen and oxygen atoms in total. The predicted molar refractivity (Wildman–Crippen MR) is 472 cm³/mol. The van der Waals surface area contributed by atoms with Crippen LogP contribution in [0.15, 0.2) is 52.3 Å². The number of pyridine rings is 3. The molecule has 13 rings (SSSR count). The number of anilines is 1. The van der Waals surface area contributed by atoms with Crippen molar-refractivity contribution in [3.63, 3.8) is 0 Å². The van der Waals surface area contributed by atoms with Crippen molar-refractivity contribution in [2.24, 2.45) is 17.8 Å². The summed E-state index contributed by atoms with van der Waals surface area (Å²) >= 11 is 17.8. The number of esters is 2. The quantitative estimate of drug-likeness (QED) is 0.0121. The SMILES string of the molecule is CC[C@@]1(O)C(=O)OCC2=C1C=C1c3nc4ccc(CC(=O)[C@H](C)NC(=O)[C@@H](NC(=O)CCOCCNC(=O)CCC5C(=O)CCC5=O)C(C)C)c5c4c(c3CC1C2=O)CCC5.CC[C@@]1(O)C(=O)OCc2c1cc1n(c2=O)Cc2c-1nc1ccc(N)c3c1c2CCC3.I[I-]I(I)I(I)I(I)I(I)I. The number of fused-ring (bicyclic) bond motifs is 9. The molecule has 8 aliphatic rings. The Morgan fingerprint density at radius 3 is 2.04 bits per heavy atom. The molecule has 102 heavy (non-hydrogen) atoms. The molecule has 1 unspecified atom stereocenters. The molecule has 0 saturated heterocycles. The van der Waals surface area contributed by atoms with E-state index >= 15 is 0 Å². The number of ketones is 4. The summed E-state index contributed by atoms with van der Waals surface area (Å²) in [5.41, 5.74) is 16.2. The summed E-state index contributed by atoms with van der Waals surface area (Å²) in [6, 6.07) is 7.64. The number of ether oxygens (including phenoxy) is 3. The zero-order chi connectivity index (χ0) is 73.5. The first-order valence-electron chi connectivity index (χ1n) is 33.3. The van der Waals surface area contributed by atoms with Gasteiger partial charge in [0, 0.05) is 77.4 Å². The number of rotatable bonds is 22. The third-order valence-electron chi connectivity index (χ3n) is 20.2. The number of hydrogen-bond donors (Lipinski definition) is 6. The second-order valence-corrected chi connectivity index (χ2v) is 237. The third kappa shape index (κ3) is 16.9. The van der Waals surface area contributed by atoms with Crippen molar-refractivity contribution < 1.29 is 80.8 Å². The van der Waals surface area contributed by atoms with Crippen molar-refractivity contribution in [3.8, 4) is 11.4 Å². The number of nitrogen functional groups attached to an aromatic ring is 1. The number of allylic oxidation sites excluding steroid dienone is 1. The van der Waals surface area contributed by atoms with Crippen LogP contribution in [0.4, 0.5) is 5.69 Å². The van der Waals surface area contributed by atoms with E-state index in [-0.39, 0.29) is 156 Å². The Morgan fingerprint density at radius 2 is 1.37 bits per heavy atom. The summed E-state index contributed by atoms with van der Waals surface area (Å²) in [5.74, 6) is -4.64. The Hall–Kier alpha value is -0.570. The second kappa shape index (κ2) is 35.4. The normalized spacial score (nSPS) is 21.0. The Morgan fingerprint density at radius 1 is 0.745 bits per heavy atom. The summed E-state index contributed by atoms with van der Waals surface area (Å²) in [7, 11) is -1.16. The van der Waals surface area contributed by atoms with Crippen LogP contribution in [0, 0.1) is 17.8 Å². The number of nitrogens with zero attached hydrogens (tertiary/aromatic N) is 3. The molecule has 6 heterocycles. The number of amides is 3. The van der Waals surface area contributed by atoms with Crippen molar-refractivity contribution in [2.75, 3.05) is 32.1 Å². The maximum absolute atomic E-state index is 13.8. The van der Waals surface area contributed by atoms with E-state index in [4.69, 9.17) is 29.9 Å². The fourth-order valence-electron chi connectivity index (χ4n) is 14.8. The summed E-state index contributed by atoms with van der Waals surface area (Å²) in [4.78, 5) is 138. The van der Waals surface area contributed by atoms with Gasteiger partial charge in [0.2, 0.25) is 17.7 Å². The number of aliphatic hydroxyl groups is 2. The van der Waals surface area contributed by atoms with Gasteiger partial charge in [0.15, 0.2) is 22.8 Å². The maximum atomic E-state index is 13.8. The van der Waals surface area contributed by atoms with Gasteiger partial charge in [-0.05, 0) is 146 Å². The number of carbonyl (C=O) groups is 9. The van der Waals surface area contributed by atoms with Gasteiger partial charge in [0.25, 0.3) is 5.56 Å². The fourth-order valence-corrected chi connectivity index (χ4v) is 1060. The van der Waals surface area contributed by atoms with Crippen molar-refractivity contribution >= 4 is 229 Å². The van der Waals surface area contributed by atoms with Gasteiger partial charge in [0.05, 0.1) is 71.3 Å². The van der Waals surface area contributed by atoms with Gasteiger partial charge in [-0.3, -0.25) is 38.4 Å². The van der Waals surface area contributed by atoms with Crippen LogP contribution in [0.2, 0.25) is 0 Å². The monoisotopic (exact) mass is 2640 g/mol. The first kappa shape index (κ1) is 82.4. The second-order valence-electron chi connectivity index (χ2n) is 26.3. The van der Waals surface area contributed by atoms with Gasteiger partial charge in [-0.2, -0.15) is 0 Å². The van der Waals surface area contributed by atoms with E-state index < -0.39 is 58.9 Å². The van der Waals surface area contributed by atoms with Crippen LogP contribution in [0.5, 0.6) is 0 Å². The van der Waals surface area contributed by atoms with Crippen molar-refractivity contribution in [1.29, 1.82) is 0 Å². The molecule has 0 bridgehead atoms. The number of aryl methyl sites for hydroxylation is 4. The van der Waals surface area contributed by atoms with Crippen molar-refractivity contribution in [2.45, 2.75) is 167 Å². The van der Waals surface area contributed by atoms with E-state index in [0.29, 0.717) is 65.5 Å². The summed E-state index contributed by atoms with van der Waals surface area (Å²) in [6.45, 7) is 9.16. The minimum absolute atomic E-state index is 0.0265. The number of hydrogen-bond acceptors (Lipinski definition) is 18. The Kier molecular flexibility index (Phi) is 28.6. The average Bonchev–Trinajstić information content (AvgIpc) is 1.54. The number of nitrogens with one attached hydrogen (secondary N) is 3. The van der Waals surface area contributed by atoms with Gasteiger partial charge in [-0.15, -0.1) is 0 Å². The number of carbonyl (C=O) groups excluding carboxylic acids is 9. The fraction of sp³-hybridized carbons (Fsp3) is 0.478. The Bertz CT molecular complexity index is 4440. The molecule has 554 valence electrons. The average molecular weight is 2640 g/mol. The molecule has 3 aromatic heterocycles. The topological polar surface area (TPSA) is 332 Å². The van der Waals surface area contributed by atoms with Gasteiger partial charge in [0.1, 0.15) is 30.8 Å². The van der Waals surface area contributed by atoms with Crippen molar-refractivity contribution in [3.05, 3.63) is 114 Å². The zero-order valence-electron chi connectivity index (χ0n) is 56.0. The molecule has 7 N–H and O–H groups in total. The zero-order valence-corrected chi connectivity index (χ0v) is 79.7. The Balaban J connectivity index is 0.000000208. The van der Waals surface area contributed by atoms with E-state index in [1.165, 1.54) is 5.56 Å². The minimum atomic E-state index is -1.89. The molecule has 5 aliphatic carbocycles.